The Morgan fingerprint density at radius 3 is 2.68 bits per heavy atom. The van der Waals surface area contributed by atoms with Gasteiger partial charge in [-0.15, -0.1) is 0 Å². The van der Waals surface area contributed by atoms with E-state index in [1.807, 2.05) is 54.6 Å². The number of para-hydroxylation sites is 1. The summed E-state index contributed by atoms with van der Waals surface area (Å²) < 4.78 is 11.5. The van der Waals surface area contributed by atoms with E-state index in [0.717, 1.165) is 35.4 Å². The van der Waals surface area contributed by atoms with Crippen molar-refractivity contribution in [1.29, 1.82) is 0 Å². The molecule has 5 nitrogen and oxygen atoms in total. The first-order chi connectivity index (χ1) is 12.3. The zero-order valence-electron chi connectivity index (χ0n) is 13.9. The predicted octanol–water partition coefficient (Wildman–Crippen LogP) is 3.21. The molecule has 2 heterocycles. The van der Waals surface area contributed by atoms with Gasteiger partial charge in [0.25, 0.3) is 5.91 Å². The smallest absolute Gasteiger partial charge is 0.269 e. The second-order valence-electron chi connectivity index (χ2n) is 6.25. The largest absolute Gasteiger partial charge is 0.485 e. The molecule has 2 aromatic carbocycles. The van der Waals surface area contributed by atoms with Gasteiger partial charge < -0.3 is 9.47 Å². The molecule has 5 heteroatoms. The molecule has 2 aromatic rings. The van der Waals surface area contributed by atoms with Crippen LogP contribution in [0.5, 0.6) is 5.75 Å². The van der Waals surface area contributed by atoms with Crippen LogP contribution in [0.3, 0.4) is 0 Å². The number of hydrogen-bond acceptors (Lipinski definition) is 4. The van der Waals surface area contributed by atoms with Crippen LogP contribution in [0.2, 0.25) is 0 Å². The summed E-state index contributed by atoms with van der Waals surface area (Å²) in [5.41, 5.74) is 5.51. The van der Waals surface area contributed by atoms with Crippen LogP contribution in [-0.2, 0) is 9.53 Å². The quantitative estimate of drug-likeness (QED) is 0.876. The molecule has 0 aromatic heterocycles. The van der Waals surface area contributed by atoms with Crippen molar-refractivity contribution in [2.75, 3.05) is 6.61 Å². The molecule has 1 fully saturated rings. The lowest BCUT2D eigenvalue weighted by Gasteiger charge is -2.27. The molecule has 1 amide bonds. The number of fused-ring (bicyclic) bond motifs is 1. The summed E-state index contributed by atoms with van der Waals surface area (Å²) in [6, 6.07) is 17.8. The van der Waals surface area contributed by atoms with Crippen LogP contribution in [0, 0.1) is 0 Å². The van der Waals surface area contributed by atoms with Crippen molar-refractivity contribution in [2.24, 2.45) is 5.10 Å². The molecule has 0 saturated carbocycles. The highest BCUT2D eigenvalue weighted by molar-refractivity contribution is 6.04. The third kappa shape index (κ3) is 3.42. The summed E-state index contributed by atoms with van der Waals surface area (Å²) in [6.45, 7) is 0.640. The van der Waals surface area contributed by atoms with Crippen molar-refractivity contribution < 1.29 is 14.3 Å². The minimum absolute atomic E-state index is 0.116. The third-order valence-corrected chi connectivity index (χ3v) is 4.54. The summed E-state index contributed by atoms with van der Waals surface area (Å²) in [7, 11) is 0. The van der Waals surface area contributed by atoms with Gasteiger partial charge in [-0.2, -0.15) is 5.10 Å². The molecule has 2 unspecified atom stereocenters. The lowest BCUT2D eigenvalue weighted by molar-refractivity contribution is -0.130. The van der Waals surface area contributed by atoms with E-state index in [1.54, 1.807) is 0 Å². The zero-order valence-corrected chi connectivity index (χ0v) is 13.9. The maximum Gasteiger partial charge on any atom is 0.269 e. The van der Waals surface area contributed by atoms with Crippen LogP contribution in [0.1, 0.15) is 36.5 Å². The number of hydrazone groups is 1. The van der Waals surface area contributed by atoms with E-state index in [4.69, 9.17) is 9.47 Å². The third-order valence-electron chi connectivity index (χ3n) is 4.54. The van der Waals surface area contributed by atoms with Crippen molar-refractivity contribution in [3.63, 3.8) is 0 Å². The number of rotatable bonds is 3. The lowest BCUT2D eigenvalue weighted by Crippen LogP contribution is -2.32. The number of ether oxygens (including phenoxy) is 2. The number of hydrogen-bond donors (Lipinski definition) is 1. The summed E-state index contributed by atoms with van der Waals surface area (Å²) in [6.07, 6.45) is 1.77. The summed E-state index contributed by atoms with van der Waals surface area (Å²) in [5, 5.41) is 4.40. The van der Waals surface area contributed by atoms with Gasteiger partial charge in [-0.3, -0.25) is 4.79 Å². The normalized spacial score (nSPS) is 23.8. The standard InChI is InChI=1S/C20H20N2O3/c23-20(18-11-6-12-24-18)22-21-16-13-19(14-7-2-1-3-8-14)25-17-10-5-4-9-15(16)17/h1-5,7-10,18-19H,6,11-13H2,(H,22,23)/b21-16-. The molecular formula is C20H20N2O3. The van der Waals surface area contributed by atoms with Crippen LogP contribution >= 0.6 is 0 Å². The second-order valence-corrected chi connectivity index (χ2v) is 6.25. The Kier molecular flexibility index (Phi) is 4.48. The van der Waals surface area contributed by atoms with E-state index in [1.165, 1.54) is 0 Å². The molecule has 4 rings (SSSR count). The van der Waals surface area contributed by atoms with Gasteiger partial charge in [0.15, 0.2) is 0 Å². The molecule has 2 atom stereocenters. The molecule has 0 bridgehead atoms. The van der Waals surface area contributed by atoms with Crippen LogP contribution in [-0.4, -0.2) is 24.3 Å². The number of carbonyl (C=O) groups excluding carboxylic acids is 1. The maximum atomic E-state index is 12.2. The van der Waals surface area contributed by atoms with Gasteiger partial charge in [-0.05, 0) is 30.5 Å². The van der Waals surface area contributed by atoms with Crippen LogP contribution in [0.4, 0.5) is 0 Å². The van der Waals surface area contributed by atoms with Crippen molar-refractivity contribution in [3.8, 4) is 5.75 Å². The van der Waals surface area contributed by atoms with Gasteiger partial charge in [0.2, 0.25) is 0 Å². The van der Waals surface area contributed by atoms with E-state index in [9.17, 15) is 4.79 Å². The van der Waals surface area contributed by atoms with Crippen LogP contribution in [0.15, 0.2) is 59.7 Å². The molecule has 0 spiro atoms. The van der Waals surface area contributed by atoms with Crippen LogP contribution in [0.25, 0.3) is 0 Å². The molecule has 0 aliphatic carbocycles. The van der Waals surface area contributed by atoms with Crippen molar-refractivity contribution in [1.82, 2.24) is 5.43 Å². The highest BCUT2D eigenvalue weighted by atomic mass is 16.5. The summed E-state index contributed by atoms with van der Waals surface area (Å²) in [4.78, 5) is 12.2. The van der Waals surface area contributed by atoms with Gasteiger partial charge in [0, 0.05) is 18.6 Å². The van der Waals surface area contributed by atoms with Crippen molar-refractivity contribution in [2.45, 2.75) is 31.5 Å². The first-order valence-corrected chi connectivity index (χ1v) is 8.60. The fraction of sp³-hybridized carbons (Fsp3) is 0.300. The fourth-order valence-corrected chi connectivity index (χ4v) is 3.23. The summed E-state index contributed by atoms with van der Waals surface area (Å²) in [5.74, 6) is 0.609. The Bertz CT molecular complexity index is 783. The van der Waals surface area contributed by atoms with Gasteiger partial charge >= 0.3 is 0 Å². The maximum absolute atomic E-state index is 12.2. The second kappa shape index (κ2) is 7.07. The number of amides is 1. The number of benzene rings is 2. The highest BCUT2D eigenvalue weighted by Crippen LogP contribution is 2.34. The topological polar surface area (TPSA) is 59.9 Å². The van der Waals surface area contributed by atoms with E-state index in [-0.39, 0.29) is 18.1 Å². The Balaban J connectivity index is 1.58. The van der Waals surface area contributed by atoms with Gasteiger partial charge in [-0.1, -0.05) is 42.5 Å². The van der Waals surface area contributed by atoms with E-state index < -0.39 is 0 Å². The molecule has 2 aliphatic heterocycles. The Morgan fingerprint density at radius 1 is 1.08 bits per heavy atom. The Labute approximate surface area is 146 Å². The van der Waals surface area contributed by atoms with Crippen molar-refractivity contribution in [3.05, 3.63) is 65.7 Å². The fourth-order valence-electron chi connectivity index (χ4n) is 3.23. The predicted molar refractivity (Wildman–Crippen MR) is 94.5 cm³/mol. The minimum Gasteiger partial charge on any atom is -0.485 e. The number of carbonyl (C=O) groups is 1. The van der Waals surface area contributed by atoms with E-state index in [0.29, 0.717) is 13.0 Å². The Morgan fingerprint density at radius 2 is 1.88 bits per heavy atom. The lowest BCUT2D eigenvalue weighted by atomic mass is 9.96. The zero-order chi connectivity index (χ0) is 17.1. The van der Waals surface area contributed by atoms with Crippen LogP contribution < -0.4 is 10.2 Å². The van der Waals surface area contributed by atoms with Gasteiger partial charge in [-0.25, -0.2) is 5.43 Å². The minimum atomic E-state index is -0.385. The first-order valence-electron chi connectivity index (χ1n) is 8.60. The molecule has 25 heavy (non-hydrogen) atoms. The van der Waals surface area contributed by atoms with Crippen molar-refractivity contribution >= 4 is 11.6 Å². The average molecular weight is 336 g/mol. The SMILES string of the molecule is O=C(N/N=C1/CC(c2ccccc2)Oc2ccccc21)C1CCCO1. The monoisotopic (exact) mass is 336 g/mol. The van der Waals surface area contributed by atoms with Gasteiger partial charge in [0.1, 0.15) is 18.0 Å². The number of nitrogens with one attached hydrogen (secondary N) is 1. The first kappa shape index (κ1) is 15.8. The molecule has 1 saturated heterocycles. The average Bonchev–Trinajstić information content (AvgIpc) is 3.21. The molecule has 1 N–H and O–H groups in total. The summed E-state index contributed by atoms with van der Waals surface area (Å²) >= 11 is 0. The van der Waals surface area contributed by atoms with E-state index >= 15 is 0 Å². The highest BCUT2D eigenvalue weighted by Gasteiger charge is 2.27. The Hall–Kier alpha value is -2.66. The molecular weight excluding hydrogens is 316 g/mol. The number of nitrogens with zero attached hydrogens (tertiary/aromatic N) is 1. The molecule has 128 valence electrons. The van der Waals surface area contributed by atoms with Gasteiger partial charge in [0.05, 0.1) is 5.71 Å². The molecule has 0 radical (unpaired) electrons. The van der Waals surface area contributed by atoms with E-state index in [2.05, 4.69) is 10.5 Å². The molecule has 2 aliphatic rings.